The zero-order valence-electron chi connectivity index (χ0n) is 19.6. The number of aliphatic carboxylic acids is 1. The highest BCUT2D eigenvalue weighted by Gasteiger charge is 2.28. The number of aromatic amines is 1. The number of carbonyl (C=O) groups is 1. The van der Waals surface area contributed by atoms with Crippen LogP contribution in [0.2, 0.25) is 0 Å². The Hall–Kier alpha value is -3.53. The molecule has 2 fully saturated rings. The van der Waals surface area contributed by atoms with Crippen molar-refractivity contribution in [3.8, 4) is 5.75 Å². The first-order chi connectivity index (χ1) is 17.0. The van der Waals surface area contributed by atoms with E-state index in [4.69, 9.17) is 14.6 Å². The number of carboxylic acid groups (broad SMARTS) is 1. The lowest BCUT2D eigenvalue weighted by molar-refractivity contribution is -0.138. The highest BCUT2D eigenvalue weighted by atomic mass is 16.5. The molecule has 0 amide bonds. The Bertz CT molecular complexity index is 1260. The summed E-state index contributed by atoms with van der Waals surface area (Å²) >= 11 is 0. The second-order valence-electron chi connectivity index (χ2n) is 9.43. The molecule has 1 aliphatic heterocycles. The Morgan fingerprint density at radius 1 is 1.29 bits per heavy atom. The molecular weight excluding hydrogens is 450 g/mol. The van der Waals surface area contributed by atoms with Gasteiger partial charge in [-0.15, -0.1) is 10.2 Å². The normalized spacial score (nSPS) is 18.5. The Morgan fingerprint density at radius 2 is 2.14 bits per heavy atom. The standard InChI is InChI=1S/C25H29N5O5/c1-15-10-18(4-7-22(15)35-14-23-27-29-30(28-23)12-24(31)32)20(11-16-8-9-34-13-16)21-6-5-19(17-2-3-17)25(33)26-21/h4-7,10,16-17,20H,2-3,8-9,11-14H2,1H3,(H,26,33)(H,31,32)/t16-,20?/m1/s1. The van der Waals surface area contributed by atoms with Gasteiger partial charge in [-0.25, -0.2) is 0 Å². The lowest BCUT2D eigenvalue weighted by atomic mass is 9.85. The van der Waals surface area contributed by atoms with Crippen molar-refractivity contribution in [3.63, 3.8) is 0 Å². The van der Waals surface area contributed by atoms with Crippen molar-refractivity contribution in [1.82, 2.24) is 25.2 Å². The molecule has 1 aliphatic carbocycles. The van der Waals surface area contributed by atoms with E-state index in [1.165, 1.54) is 0 Å². The molecule has 0 radical (unpaired) electrons. The van der Waals surface area contributed by atoms with Crippen LogP contribution in [0.25, 0.3) is 0 Å². The molecule has 35 heavy (non-hydrogen) atoms. The van der Waals surface area contributed by atoms with Crippen molar-refractivity contribution in [2.75, 3.05) is 13.2 Å². The third kappa shape index (κ3) is 5.59. The summed E-state index contributed by atoms with van der Waals surface area (Å²) in [5.41, 5.74) is 3.91. The molecule has 3 heterocycles. The van der Waals surface area contributed by atoms with Crippen LogP contribution in [-0.2, 0) is 22.7 Å². The Labute approximate surface area is 202 Å². The number of carboxylic acids is 1. The third-order valence-electron chi connectivity index (χ3n) is 6.68. The van der Waals surface area contributed by atoms with E-state index >= 15 is 0 Å². The van der Waals surface area contributed by atoms with Crippen LogP contribution < -0.4 is 10.3 Å². The van der Waals surface area contributed by atoms with E-state index in [1.807, 2.05) is 25.1 Å². The molecule has 2 aromatic heterocycles. The van der Waals surface area contributed by atoms with E-state index in [0.29, 0.717) is 23.4 Å². The number of rotatable bonds is 10. The van der Waals surface area contributed by atoms with Gasteiger partial charge in [0, 0.05) is 30.4 Å². The number of nitrogens with zero attached hydrogens (tertiary/aromatic N) is 4. The van der Waals surface area contributed by atoms with E-state index in [0.717, 1.165) is 66.1 Å². The van der Waals surface area contributed by atoms with Crippen molar-refractivity contribution in [2.24, 2.45) is 5.92 Å². The molecule has 184 valence electrons. The highest BCUT2D eigenvalue weighted by molar-refractivity contribution is 5.66. The summed E-state index contributed by atoms with van der Waals surface area (Å²) in [5, 5.41) is 20.4. The van der Waals surface area contributed by atoms with E-state index in [1.54, 1.807) is 0 Å². The van der Waals surface area contributed by atoms with Gasteiger partial charge in [-0.3, -0.25) is 9.59 Å². The van der Waals surface area contributed by atoms with Crippen LogP contribution >= 0.6 is 0 Å². The maximum Gasteiger partial charge on any atom is 0.327 e. The lowest BCUT2D eigenvalue weighted by Gasteiger charge is -2.22. The number of tetrazole rings is 1. The summed E-state index contributed by atoms with van der Waals surface area (Å²) in [6.45, 7) is 3.24. The van der Waals surface area contributed by atoms with Crippen LogP contribution in [0.4, 0.5) is 0 Å². The summed E-state index contributed by atoms with van der Waals surface area (Å²) < 4.78 is 11.5. The fourth-order valence-electron chi connectivity index (χ4n) is 4.68. The van der Waals surface area contributed by atoms with Crippen LogP contribution in [0.15, 0.2) is 35.1 Å². The monoisotopic (exact) mass is 479 g/mol. The van der Waals surface area contributed by atoms with Gasteiger partial charge in [-0.1, -0.05) is 18.2 Å². The molecule has 5 rings (SSSR count). The minimum atomic E-state index is -1.04. The number of aromatic nitrogens is 5. The number of pyridine rings is 1. The van der Waals surface area contributed by atoms with E-state index < -0.39 is 5.97 Å². The van der Waals surface area contributed by atoms with Gasteiger partial charge >= 0.3 is 5.97 Å². The second kappa shape index (κ2) is 9.99. The molecule has 10 nitrogen and oxygen atoms in total. The van der Waals surface area contributed by atoms with Crippen molar-refractivity contribution in [3.05, 3.63) is 68.9 Å². The number of aryl methyl sites for hydroxylation is 1. The molecular formula is C25H29N5O5. The minimum absolute atomic E-state index is 0.0257. The second-order valence-corrected chi connectivity index (χ2v) is 9.43. The van der Waals surface area contributed by atoms with Gasteiger partial charge < -0.3 is 19.6 Å². The third-order valence-corrected chi connectivity index (χ3v) is 6.68. The van der Waals surface area contributed by atoms with Crippen LogP contribution in [0.1, 0.15) is 65.7 Å². The molecule has 0 spiro atoms. The number of hydrogen-bond acceptors (Lipinski definition) is 7. The number of H-pyrrole nitrogens is 1. The van der Waals surface area contributed by atoms with Crippen molar-refractivity contribution >= 4 is 5.97 Å². The Balaban J connectivity index is 1.34. The first kappa shape index (κ1) is 23.2. The van der Waals surface area contributed by atoms with Crippen molar-refractivity contribution in [2.45, 2.75) is 57.6 Å². The molecule has 2 atom stereocenters. The molecule has 1 unspecified atom stereocenters. The molecule has 0 bridgehead atoms. The SMILES string of the molecule is Cc1cc(C(C[C@H]2CCOC2)c2ccc(C3CC3)c(=O)[nH]2)ccc1OCc1nnn(CC(=O)O)n1. The predicted molar refractivity (Wildman–Crippen MR) is 125 cm³/mol. The fourth-order valence-corrected chi connectivity index (χ4v) is 4.68. The van der Waals surface area contributed by atoms with Gasteiger partial charge in [0.25, 0.3) is 5.56 Å². The zero-order valence-corrected chi connectivity index (χ0v) is 19.6. The molecule has 3 aromatic rings. The summed E-state index contributed by atoms with van der Waals surface area (Å²) in [7, 11) is 0. The molecule has 2 N–H and O–H groups in total. The Morgan fingerprint density at radius 3 is 2.83 bits per heavy atom. The van der Waals surface area contributed by atoms with E-state index in [9.17, 15) is 9.59 Å². The van der Waals surface area contributed by atoms with E-state index in [-0.39, 0.29) is 24.6 Å². The summed E-state index contributed by atoms with van der Waals surface area (Å²) in [5.74, 6) is 0.859. The average Bonchev–Trinajstić information content (AvgIpc) is 3.34. The first-order valence-corrected chi connectivity index (χ1v) is 12.0. The number of nitrogens with one attached hydrogen (secondary N) is 1. The van der Waals surface area contributed by atoms with Gasteiger partial charge in [0.05, 0.1) is 0 Å². The smallest absolute Gasteiger partial charge is 0.327 e. The summed E-state index contributed by atoms with van der Waals surface area (Å²) in [6, 6.07) is 10.1. The summed E-state index contributed by atoms with van der Waals surface area (Å²) in [6.07, 6.45) is 4.11. The largest absolute Gasteiger partial charge is 0.485 e. The number of hydrogen-bond donors (Lipinski definition) is 2. The quantitative estimate of drug-likeness (QED) is 0.454. The summed E-state index contributed by atoms with van der Waals surface area (Å²) in [4.78, 5) is 27.7. The molecule has 2 aliphatic rings. The maximum atomic E-state index is 12.7. The predicted octanol–water partition coefficient (Wildman–Crippen LogP) is 2.77. The number of benzene rings is 1. The van der Waals surface area contributed by atoms with Crippen LogP contribution in [0.5, 0.6) is 5.75 Å². The maximum absolute atomic E-state index is 12.7. The average molecular weight is 480 g/mol. The fraction of sp³-hybridized carbons (Fsp3) is 0.480. The van der Waals surface area contributed by atoms with Crippen LogP contribution in [-0.4, -0.2) is 49.5 Å². The Kier molecular flexibility index (Phi) is 6.63. The van der Waals surface area contributed by atoms with Crippen molar-refractivity contribution in [1.29, 1.82) is 0 Å². The van der Waals surface area contributed by atoms with Crippen LogP contribution in [0, 0.1) is 12.8 Å². The van der Waals surface area contributed by atoms with Gasteiger partial charge in [0.2, 0.25) is 5.82 Å². The first-order valence-electron chi connectivity index (χ1n) is 12.0. The minimum Gasteiger partial charge on any atom is -0.485 e. The van der Waals surface area contributed by atoms with Gasteiger partial charge in [-0.05, 0) is 72.9 Å². The van der Waals surface area contributed by atoms with Crippen LogP contribution in [0.3, 0.4) is 0 Å². The van der Waals surface area contributed by atoms with Gasteiger partial charge in [0.1, 0.15) is 5.75 Å². The van der Waals surface area contributed by atoms with Gasteiger partial charge in [-0.2, -0.15) is 4.80 Å². The lowest BCUT2D eigenvalue weighted by Crippen LogP contribution is -2.18. The van der Waals surface area contributed by atoms with Crippen molar-refractivity contribution < 1.29 is 19.4 Å². The molecule has 1 saturated heterocycles. The van der Waals surface area contributed by atoms with E-state index in [2.05, 4.69) is 32.5 Å². The topological polar surface area (TPSA) is 132 Å². The molecule has 1 saturated carbocycles. The zero-order chi connectivity index (χ0) is 24.4. The molecule has 10 heteroatoms. The molecule has 1 aromatic carbocycles. The highest BCUT2D eigenvalue weighted by Crippen LogP contribution is 2.39. The number of ether oxygens (including phenoxy) is 2. The van der Waals surface area contributed by atoms with Gasteiger partial charge in [0.15, 0.2) is 13.2 Å².